The van der Waals surface area contributed by atoms with Gasteiger partial charge < -0.3 is 10.0 Å². The highest BCUT2D eigenvalue weighted by Gasteiger charge is 2.30. The van der Waals surface area contributed by atoms with Gasteiger partial charge in [0.1, 0.15) is 17.4 Å². The number of thioether (sulfide) groups is 1. The van der Waals surface area contributed by atoms with Crippen molar-refractivity contribution < 1.29 is 14.7 Å². The molecule has 0 atom stereocenters. The molecule has 0 bridgehead atoms. The van der Waals surface area contributed by atoms with E-state index in [9.17, 15) is 9.59 Å². The van der Waals surface area contributed by atoms with E-state index in [4.69, 9.17) is 5.11 Å². The zero-order valence-corrected chi connectivity index (χ0v) is 13.2. The van der Waals surface area contributed by atoms with Gasteiger partial charge in [-0.15, -0.1) is 11.8 Å². The van der Waals surface area contributed by atoms with Gasteiger partial charge in [-0.2, -0.15) is 0 Å². The molecular formula is C14H19N3O3S. The van der Waals surface area contributed by atoms with Gasteiger partial charge in [0, 0.05) is 6.54 Å². The van der Waals surface area contributed by atoms with E-state index >= 15 is 0 Å². The molecule has 1 heterocycles. The summed E-state index contributed by atoms with van der Waals surface area (Å²) < 4.78 is 0. The second-order valence-corrected chi connectivity index (χ2v) is 6.06. The number of carboxylic acids is 1. The Labute approximate surface area is 128 Å². The van der Waals surface area contributed by atoms with Gasteiger partial charge >= 0.3 is 5.97 Å². The summed E-state index contributed by atoms with van der Waals surface area (Å²) in [6.07, 6.45) is 3.96. The second-order valence-electron chi connectivity index (χ2n) is 5.26. The Morgan fingerprint density at radius 1 is 1.33 bits per heavy atom. The number of carbonyl (C=O) groups excluding carboxylic acids is 1. The maximum absolute atomic E-state index is 12.7. The largest absolute Gasteiger partial charge is 0.480 e. The third-order valence-electron chi connectivity index (χ3n) is 3.36. The van der Waals surface area contributed by atoms with Crippen molar-refractivity contribution in [2.45, 2.75) is 31.7 Å². The fourth-order valence-electron chi connectivity index (χ4n) is 2.23. The minimum Gasteiger partial charge on any atom is -0.480 e. The lowest BCUT2D eigenvalue weighted by molar-refractivity contribution is -0.137. The summed E-state index contributed by atoms with van der Waals surface area (Å²) >= 11 is 1.38. The van der Waals surface area contributed by atoms with E-state index in [1.807, 2.05) is 6.26 Å². The van der Waals surface area contributed by atoms with Crippen LogP contribution in [0, 0.1) is 19.8 Å². The third-order valence-corrected chi connectivity index (χ3v) is 4.05. The number of aryl methyl sites for hydroxylation is 2. The van der Waals surface area contributed by atoms with Gasteiger partial charge in [0.2, 0.25) is 0 Å². The number of aliphatic carboxylic acids is 1. The lowest BCUT2D eigenvalue weighted by Gasteiger charge is -2.22. The number of carbonyl (C=O) groups is 2. The molecule has 0 radical (unpaired) electrons. The predicted molar refractivity (Wildman–Crippen MR) is 79.6 cm³/mol. The van der Waals surface area contributed by atoms with Crippen molar-refractivity contribution in [1.82, 2.24) is 14.9 Å². The Morgan fingerprint density at radius 2 is 2.00 bits per heavy atom. The second kappa shape index (κ2) is 6.43. The van der Waals surface area contributed by atoms with Crippen LogP contribution in [0.4, 0.5) is 0 Å². The normalized spacial score (nSPS) is 14.0. The van der Waals surface area contributed by atoms with Crippen molar-refractivity contribution in [3.05, 3.63) is 17.1 Å². The van der Waals surface area contributed by atoms with Gasteiger partial charge in [-0.3, -0.25) is 9.59 Å². The summed E-state index contributed by atoms with van der Waals surface area (Å²) in [6, 6.07) is 0. The summed E-state index contributed by atoms with van der Waals surface area (Å²) in [5, 5.41) is 9.63. The molecule has 0 unspecified atom stereocenters. The summed E-state index contributed by atoms with van der Waals surface area (Å²) in [7, 11) is 0. The van der Waals surface area contributed by atoms with Crippen LogP contribution >= 0.6 is 11.8 Å². The van der Waals surface area contributed by atoms with Crippen molar-refractivity contribution in [3.8, 4) is 0 Å². The molecular weight excluding hydrogens is 290 g/mol. The number of hydrogen-bond acceptors (Lipinski definition) is 5. The Hall–Kier alpha value is -1.63. The fourth-order valence-corrected chi connectivity index (χ4v) is 2.89. The van der Waals surface area contributed by atoms with Gasteiger partial charge in [-0.05, 0) is 38.9 Å². The van der Waals surface area contributed by atoms with E-state index < -0.39 is 5.97 Å². The highest BCUT2D eigenvalue weighted by atomic mass is 32.2. The van der Waals surface area contributed by atoms with Crippen LogP contribution in [0.3, 0.4) is 0 Å². The van der Waals surface area contributed by atoms with Gasteiger partial charge in [0.15, 0.2) is 0 Å². The van der Waals surface area contributed by atoms with Crippen molar-refractivity contribution in [1.29, 1.82) is 0 Å². The van der Waals surface area contributed by atoms with Gasteiger partial charge in [0.25, 0.3) is 5.91 Å². The smallest absolute Gasteiger partial charge is 0.323 e. The number of nitrogens with zero attached hydrogens (tertiary/aromatic N) is 3. The van der Waals surface area contributed by atoms with Gasteiger partial charge in [-0.1, -0.05) is 0 Å². The molecule has 0 aromatic carbocycles. The first-order chi connectivity index (χ1) is 9.92. The number of amides is 1. The average molecular weight is 309 g/mol. The van der Waals surface area contributed by atoms with Crippen molar-refractivity contribution in [3.63, 3.8) is 0 Å². The minimum atomic E-state index is -1.000. The molecule has 0 spiro atoms. The van der Waals surface area contributed by atoms with Crippen LogP contribution in [-0.2, 0) is 4.79 Å². The summed E-state index contributed by atoms with van der Waals surface area (Å²) in [4.78, 5) is 33.7. The Balaban J connectivity index is 2.32. The Kier molecular flexibility index (Phi) is 4.82. The number of aromatic nitrogens is 2. The topological polar surface area (TPSA) is 83.4 Å². The Morgan fingerprint density at radius 3 is 2.52 bits per heavy atom. The van der Waals surface area contributed by atoms with Crippen LogP contribution in [0.15, 0.2) is 5.03 Å². The first-order valence-corrected chi connectivity index (χ1v) is 8.05. The molecule has 1 saturated carbocycles. The summed E-state index contributed by atoms with van der Waals surface area (Å²) in [5.74, 6) is -0.246. The number of rotatable bonds is 6. The highest BCUT2D eigenvalue weighted by molar-refractivity contribution is 7.98. The average Bonchev–Trinajstić information content (AvgIpc) is 3.19. The van der Waals surface area contributed by atoms with E-state index in [0.717, 1.165) is 12.8 Å². The van der Waals surface area contributed by atoms with Gasteiger partial charge in [0.05, 0.1) is 11.3 Å². The van der Waals surface area contributed by atoms with Crippen molar-refractivity contribution >= 4 is 23.6 Å². The molecule has 1 amide bonds. The quantitative estimate of drug-likeness (QED) is 0.637. The Bertz CT molecular complexity index is 573. The van der Waals surface area contributed by atoms with Crippen LogP contribution in [0.5, 0.6) is 0 Å². The minimum absolute atomic E-state index is 0.281. The molecule has 1 aromatic heterocycles. The van der Waals surface area contributed by atoms with E-state index in [1.165, 1.54) is 16.7 Å². The SMILES string of the molecule is CSc1nc(C)nc(C)c1C(=O)N(CC(=O)O)CC1CC1. The predicted octanol–water partition coefficient (Wildman–Crippen LogP) is 1.75. The molecule has 114 valence electrons. The lowest BCUT2D eigenvalue weighted by atomic mass is 10.2. The first-order valence-electron chi connectivity index (χ1n) is 6.82. The van der Waals surface area contributed by atoms with Crippen molar-refractivity contribution in [2.75, 3.05) is 19.3 Å². The molecule has 1 aromatic rings. The molecule has 1 N–H and O–H groups in total. The summed E-state index contributed by atoms with van der Waals surface area (Å²) in [5.41, 5.74) is 1.03. The maximum atomic E-state index is 12.7. The molecule has 21 heavy (non-hydrogen) atoms. The molecule has 1 aliphatic carbocycles. The standard InChI is InChI=1S/C14H19N3O3S/c1-8-12(13(21-3)16-9(2)15-8)14(20)17(7-11(18)19)6-10-4-5-10/h10H,4-7H2,1-3H3,(H,18,19). The zero-order valence-electron chi connectivity index (χ0n) is 12.4. The molecule has 0 aliphatic heterocycles. The molecule has 6 nitrogen and oxygen atoms in total. The molecule has 2 rings (SSSR count). The van der Waals surface area contributed by atoms with Crippen molar-refractivity contribution in [2.24, 2.45) is 5.92 Å². The van der Waals surface area contributed by atoms with E-state index in [0.29, 0.717) is 34.6 Å². The van der Waals surface area contributed by atoms with Gasteiger partial charge in [-0.25, -0.2) is 9.97 Å². The maximum Gasteiger partial charge on any atom is 0.323 e. The molecule has 7 heteroatoms. The molecule has 0 saturated heterocycles. The lowest BCUT2D eigenvalue weighted by Crippen LogP contribution is -2.38. The fraction of sp³-hybridized carbons (Fsp3) is 0.571. The monoisotopic (exact) mass is 309 g/mol. The van der Waals surface area contributed by atoms with E-state index in [2.05, 4.69) is 9.97 Å². The van der Waals surface area contributed by atoms with Crippen LogP contribution in [-0.4, -0.2) is 51.2 Å². The van der Waals surface area contributed by atoms with Crippen LogP contribution in [0.25, 0.3) is 0 Å². The number of hydrogen-bond donors (Lipinski definition) is 1. The van der Waals surface area contributed by atoms with Crippen LogP contribution in [0.1, 0.15) is 34.7 Å². The zero-order chi connectivity index (χ0) is 15.6. The number of carboxylic acid groups (broad SMARTS) is 1. The van der Waals surface area contributed by atoms with E-state index in [1.54, 1.807) is 13.8 Å². The first kappa shape index (κ1) is 15.8. The molecule has 1 aliphatic rings. The third kappa shape index (κ3) is 3.93. The van der Waals surface area contributed by atoms with Crippen LogP contribution < -0.4 is 0 Å². The van der Waals surface area contributed by atoms with Crippen LogP contribution in [0.2, 0.25) is 0 Å². The molecule has 1 fully saturated rings. The highest BCUT2D eigenvalue weighted by Crippen LogP contribution is 2.31. The summed E-state index contributed by atoms with van der Waals surface area (Å²) in [6.45, 7) is 3.75. The van der Waals surface area contributed by atoms with E-state index in [-0.39, 0.29) is 12.5 Å².